The molecule has 0 aliphatic carbocycles. The van der Waals surface area contributed by atoms with Crippen LogP contribution in [0.1, 0.15) is 34.7 Å². The van der Waals surface area contributed by atoms with E-state index in [9.17, 15) is 9.59 Å². The Morgan fingerprint density at radius 2 is 1.96 bits per heavy atom. The molecule has 144 valence electrons. The molecule has 8 heteroatoms. The lowest BCUT2D eigenvalue weighted by molar-refractivity contribution is 0.0600. The Labute approximate surface area is 161 Å². The third-order valence-corrected chi connectivity index (χ3v) is 6.00. The Balaban J connectivity index is 1.60. The van der Waals surface area contributed by atoms with Gasteiger partial charge in [0.15, 0.2) is 0 Å². The first kappa shape index (κ1) is 19.3. The van der Waals surface area contributed by atoms with Gasteiger partial charge in [-0.25, -0.2) is 14.6 Å². The number of esters is 1. The monoisotopic (exact) mass is 390 g/mol. The van der Waals surface area contributed by atoms with Crippen LogP contribution in [0.25, 0.3) is 11.5 Å². The van der Waals surface area contributed by atoms with Gasteiger partial charge in [-0.3, -0.25) is 0 Å². The van der Waals surface area contributed by atoms with Crippen LogP contribution in [0.2, 0.25) is 0 Å². The highest BCUT2D eigenvalue weighted by molar-refractivity contribution is 7.99. The number of nitrogens with zero attached hydrogens (tertiary/aromatic N) is 2. The number of carbonyl (C=O) groups is 2. The Bertz CT molecular complexity index is 810. The summed E-state index contributed by atoms with van der Waals surface area (Å²) in [5, 5.41) is 9.44. The van der Waals surface area contributed by atoms with Crippen LogP contribution in [0.5, 0.6) is 0 Å². The topological polar surface area (TPSA) is 92.9 Å². The van der Waals surface area contributed by atoms with Crippen LogP contribution in [-0.2, 0) is 10.5 Å². The summed E-state index contributed by atoms with van der Waals surface area (Å²) in [6.07, 6.45) is 0.875. The average Bonchev–Trinajstić information content (AvgIpc) is 3.06. The number of thioether (sulfide) groups is 1. The predicted molar refractivity (Wildman–Crippen MR) is 102 cm³/mol. The molecule has 1 aromatic heterocycles. The van der Waals surface area contributed by atoms with E-state index in [4.69, 9.17) is 14.3 Å². The number of amides is 1. The van der Waals surface area contributed by atoms with Crippen molar-refractivity contribution in [3.05, 3.63) is 41.3 Å². The van der Waals surface area contributed by atoms with Gasteiger partial charge < -0.3 is 19.2 Å². The number of carboxylic acid groups (broad SMARTS) is 1. The zero-order chi connectivity index (χ0) is 19.4. The van der Waals surface area contributed by atoms with E-state index in [0.717, 1.165) is 35.6 Å². The standard InChI is InChI=1S/C19H22N2O5S/c1-12-16(11-27-15-7-9-21(10-8-15)19(23)24)20-17(26-12)13-3-5-14(6-4-13)18(22)25-2/h3-6,15H,7-11H2,1-2H3,(H,23,24). The van der Waals surface area contributed by atoms with E-state index >= 15 is 0 Å². The molecule has 1 aliphatic rings. The molecular formula is C19H22N2O5S. The van der Waals surface area contributed by atoms with Gasteiger partial charge in [0.2, 0.25) is 5.89 Å². The summed E-state index contributed by atoms with van der Waals surface area (Å²) in [6.45, 7) is 3.06. The average molecular weight is 390 g/mol. The van der Waals surface area contributed by atoms with E-state index in [1.807, 2.05) is 6.92 Å². The zero-order valence-corrected chi connectivity index (χ0v) is 16.1. The van der Waals surface area contributed by atoms with Gasteiger partial charge in [-0.2, -0.15) is 11.8 Å². The first-order chi connectivity index (χ1) is 13.0. The fourth-order valence-electron chi connectivity index (χ4n) is 2.96. The van der Waals surface area contributed by atoms with E-state index in [1.165, 1.54) is 12.0 Å². The van der Waals surface area contributed by atoms with Crippen LogP contribution >= 0.6 is 11.8 Å². The quantitative estimate of drug-likeness (QED) is 0.776. The third-order valence-electron chi connectivity index (χ3n) is 4.61. The lowest BCUT2D eigenvalue weighted by atomic mass is 10.1. The minimum Gasteiger partial charge on any atom is -0.465 e. The van der Waals surface area contributed by atoms with Crippen molar-refractivity contribution in [3.8, 4) is 11.5 Å². The van der Waals surface area contributed by atoms with Crippen molar-refractivity contribution in [2.75, 3.05) is 20.2 Å². The summed E-state index contributed by atoms with van der Waals surface area (Å²) < 4.78 is 10.5. The highest BCUT2D eigenvalue weighted by atomic mass is 32.2. The SMILES string of the molecule is COC(=O)c1ccc(-c2nc(CSC3CCN(C(=O)O)CC3)c(C)o2)cc1. The molecule has 0 unspecified atom stereocenters. The molecule has 1 aromatic carbocycles. The first-order valence-electron chi connectivity index (χ1n) is 8.72. The van der Waals surface area contributed by atoms with Gasteiger partial charge in [0.1, 0.15) is 5.76 Å². The Morgan fingerprint density at radius 3 is 2.56 bits per heavy atom. The number of ether oxygens (including phenoxy) is 1. The van der Waals surface area contributed by atoms with Gasteiger partial charge in [0, 0.05) is 29.7 Å². The maximum Gasteiger partial charge on any atom is 0.407 e. The van der Waals surface area contributed by atoms with Crippen molar-refractivity contribution in [2.24, 2.45) is 0 Å². The molecule has 2 aromatic rings. The van der Waals surface area contributed by atoms with Gasteiger partial charge in [-0.15, -0.1) is 0 Å². The van der Waals surface area contributed by atoms with Crippen LogP contribution in [-0.4, -0.2) is 52.5 Å². The maximum atomic E-state index is 11.5. The van der Waals surface area contributed by atoms with Crippen LogP contribution in [0.3, 0.4) is 0 Å². The van der Waals surface area contributed by atoms with Crippen molar-refractivity contribution in [3.63, 3.8) is 0 Å². The number of hydrogen-bond acceptors (Lipinski definition) is 6. The van der Waals surface area contributed by atoms with E-state index < -0.39 is 6.09 Å². The van der Waals surface area contributed by atoms with Crippen molar-refractivity contribution < 1.29 is 23.8 Å². The number of aromatic nitrogens is 1. The Kier molecular flexibility index (Phi) is 6.05. The number of hydrogen-bond donors (Lipinski definition) is 1. The number of methoxy groups -OCH3 is 1. The molecule has 27 heavy (non-hydrogen) atoms. The number of likely N-dealkylation sites (tertiary alicyclic amines) is 1. The smallest absolute Gasteiger partial charge is 0.407 e. The Hall–Kier alpha value is -2.48. The molecule has 1 amide bonds. The van der Waals surface area contributed by atoms with Crippen molar-refractivity contribution in [1.29, 1.82) is 0 Å². The number of piperidine rings is 1. The predicted octanol–water partition coefficient (Wildman–Crippen LogP) is 3.81. The lowest BCUT2D eigenvalue weighted by Crippen LogP contribution is -2.38. The summed E-state index contributed by atoms with van der Waals surface area (Å²) >= 11 is 1.79. The number of benzene rings is 1. The summed E-state index contributed by atoms with van der Waals surface area (Å²) in [5.41, 5.74) is 2.18. The van der Waals surface area contributed by atoms with Crippen molar-refractivity contribution >= 4 is 23.8 Å². The van der Waals surface area contributed by atoms with E-state index in [-0.39, 0.29) is 5.97 Å². The third kappa shape index (κ3) is 4.63. The number of aryl methyl sites for hydroxylation is 1. The minimum atomic E-state index is -0.839. The second-order valence-corrected chi connectivity index (χ2v) is 7.66. The maximum absolute atomic E-state index is 11.5. The van der Waals surface area contributed by atoms with Gasteiger partial charge in [-0.05, 0) is 44.0 Å². The molecule has 0 atom stereocenters. The van der Waals surface area contributed by atoms with Crippen LogP contribution < -0.4 is 0 Å². The second kappa shape index (κ2) is 8.47. The number of rotatable bonds is 5. The summed E-state index contributed by atoms with van der Waals surface area (Å²) in [7, 11) is 1.35. The van der Waals surface area contributed by atoms with Gasteiger partial charge >= 0.3 is 12.1 Å². The molecule has 1 saturated heterocycles. The zero-order valence-electron chi connectivity index (χ0n) is 15.3. The molecule has 0 saturated carbocycles. The van der Waals surface area contributed by atoms with Crippen LogP contribution in [0, 0.1) is 6.92 Å². The lowest BCUT2D eigenvalue weighted by Gasteiger charge is -2.29. The fraction of sp³-hybridized carbons (Fsp3) is 0.421. The molecule has 0 spiro atoms. The van der Waals surface area contributed by atoms with Crippen LogP contribution in [0.15, 0.2) is 28.7 Å². The summed E-state index contributed by atoms with van der Waals surface area (Å²) in [6, 6.07) is 6.95. The molecule has 7 nitrogen and oxygen atoms in total. The molecule has 1 N–H and O–H groups in total. The van der Waals surface area contributed by atoms with E-state index in [1.54, 1.807) is 36.0 Å². The Morgan fingerprint density at radius 1 is 1.30 bits per heavy atom. The van der Waals surface area contributed by atoms with Crippen molar-refractivity contribution in [2.45, 2.75) is 30.8 Å². The van der Waals surface area contributed by atoms with Crippen LogP contribution in [0.4, 0.5) is 4.79 Å². The summed E-state index contributed by atoms with van der Waals surface area (Å²) in [5.74, 6) is 1.65. The molecule has 0 radical (unpaired) electrons. The molecular weight excluding hydrogens is 368 g/mol. The molecule has 1 fully saturated rings. The largest absolute Gasteiger partial charge is 0.465 e. The normalized spacial score (nSPS) is 15.0. The van der Waals surface area contributed by atoms with Gasteiger partial charge in [0.05, 0.1) is 18.4 Å². The minimum absolute atomic E-state index is 0.379. The number of carbonyl (C=O) groups excluding carboxylic acids is 1. The second-order valence-electron chi connectivity index (χ2n) is 6.37. The molecule has 1 aliphatic heterocycles. The van der Waals surface area contributed by atoms with Crippen molar-refractivity contribution in [1.82, 2.24) is 9.88 Å². The van der Waals surface area contributed by atoms with Gasteiger partial charge in [0.25, 0.3) is 0 Å². The van der Waals surface area contributed by atoms with E-state index in [2.05, 4.69) is 4.98 Å². The molecule has 3 rings (SSSR count). The summed E-state index contributed by atoms with van der Waals surface area (Å²) in [4.78, 5) is 28.5. The molecule has 0 bridgehead atoms. The highest BCUT2D eigenvalue weighted by Crippen LogP contribution is 2.29. The van der Waals surface area contributed by atoms with Gasteiger partial charge in [-0.1, -0.05) is 0 Å². The fourth-order valence-corrected chi connectivity index (χ4v) is 4.17. The molecule has 2 heterocycles. The first-order valence-corrected chi connectivity index (χ1v) is 9.77. The van der Waals surface area contributed by atoms with E-state index in [0.29, 0.717) is 29.8 Å². The highest BCUT2D eigenvalue weighted by Gasteiger charge is 2.23. The number of oxazole rings is 1.